The SMILES string of the molecule is C#CCOC(=O)c1cc(-n2cccc2)ccc1N1CCOCC1. The lowest BCUT2D eigenvalue weighted by atomic mass is 10.1. The summed E-state index contributed by atoms with van der Waals surface area (Å²) in [7, 11) is 0. The molecular formula is C18H18N2O3. The minimum Gasteiger partial charge on any atom is -0.449 e. The molecule has 3 rings (SSSR count). The number of carbonyl (C=O) groups is 1. The molecule has 0 radical (unpaired) electrons. The second-order valence-electron chi connectivity index (χ2n) is 5.17. The van der Waals surface area contributed by atoms with Crippen molar-refractivity contribution in [2.75, 3.05) is 37.8 Å². The molecule has 1 aliphatic heterocycles. The van der Waals surface area contributed by atoms with E-state index in [0.29, 0.717) is 18.8 Å². The predicted molar refractivity (Wildman–Crippen MR) is 87.9 cm³/mol. The van der Waals surface area contributed by atoms with Crippen LogP contribution in [0.25, 0.3) is 5.69 Å². The molecule has 0 amide bonds. The van der Waals surface area contributed by atoms with Gasteiger partial charge < -0.3 is 18.9 Å². The third-order valence-corrected chi connectivity index (χ3v) is 3.74. The second kappa shape index (κ2) is 7.03. The first-order valence-electron chi connectivity index (χ1n) is 7.50. The van der Waals surface area contributed by atoms with E-state index in [0.717, 1.165) is 24.5 Å². The van der Waals surface area contributed by atoms with Crippen LogP contribution < -0.4 is 4.90 Å². The molecule has 0 aliphatic carbocycles. The molecule has 2 heterocycles. The molecule has 1 saturated heterocycles. The van der Waals surface area contributed by atoms with Crippen LogP contribution in [-0.4, -0.2) is 43.4 Å². The van der Waals surface area contributed by atoms with Crippen molar-refractivity contribution in [1.82, 2.24) is 4.57 Å². The Hall–Kier alpha value is -2.71. The molecule has 1 aliphatic rings. The third-order valence-electron chi connectivity index (χ3n) is 3.74. The number of hydrogen-bond donors (Lipinski definition) is 0. The van der Waals surface area contributed by atoms with Crippen molar-refractivity contribution < 1.29 is 14.3 Å². The molecular weight excluding hydrogens is 292 g/mol. The maximum atomic E-state index is 12.4. The number of morpholine rings is 1. The standard InChI is InChI=1S/C18H18N2O3/c1-2-11-23-18(21)16-14-15(19-7-3-4-8-19)5-6-17(16)20-9-12-22-13-10-20/h1,3-8,14H,9-13H2. The molecule has 1 fully saturated rings. The number of carbonyl (C=O) groups excluding carboxylic acids is 1. The molecule has 2 aromatic rings. The van der Waals surface area contributed by atoms with E-state index in [1.54, 1.807) is 0 Å². The fourth-order valence-electron chi connectivity index (χ4n) is 2.62. The van der Waals surface area contributed by atoms with Gasteiger partial charge in [0.1, 0.15) is 0 Å². The van der Waals surface area contributed by atoms with Crippen molar-refractivity contribution in [3.8, 4) is 18.0 Å². The van der Waals surface area contributed by atoms with Gasteiger partial charge in [0.05, 0.1) is 24.5 Å². The van der Waals surface area contributed by atoms with Crippen molar-refractivity contribution >= 4 is 11.7 Å². The van der Waals surface area contributed by atoms with Gasteiger partial charge in [0.2, 0.25) is 0 Å². The lowest BCUT2D eigenvalue weighted by Crippen LogP contribution is -2.37. The molecule has 0 spiro atoms. The highest BCUT2D eigenvalue weighted by atomic mass is 16.5. The first-order valence-corrected chi connectivity index (χ1v) is 7.50. The predicted octanol–water partition coefficient (Wildman–Crippen LogP) is 2.10. The monoisotopic (exact) mass is 310 g/mol. The fraction of sp³-hybridized carbons (Fsp3) is 0.278. The van der Waals surface area contributed by atoms with Crippen molar-refractivity contribution in [1.29, 1.82) is 0 Å². The Morgan fingerprint density at radius 2 is 2.00 bits per heavy atom. The van der Waals surface area contributed by atoms with E-state index >= 15 is 0 Å². The van der Waals surface area contributed by atoms with Gasteiger partial charge >= 0.3 is 5.97 Å². The van der Waals surface area contributed by atoms with Crippen LogP contribution in [0.3, 0.4) is 0 Å². The summed E-state index contributed by atoms with van der Waals surface area (Å²) in [5.41, 5.74) is 2.28. The van der Waals surface area contributed by atoms with Crippen LogP contribution >= 0.6 is 0 Å². The smallest absolute Gasteiger partial charge is 0.341 e. The highest BCUT2D eigenvalue weighted by Crippen LogP contribution is 2.25. The average Bonchev–Trinajstić information content (AvgIpc) is 3.14. The third kappa shape index (κ3) is 3.38. The average molecular weight is 310 g/mol. The van der Waals surface area contributed by atoms with Gasteiger partial charge in [0.25, 0.3) is 0 Å². The number of rotatable bonds is 4. The fourth-order valence-corrected chi connectivity index (χ4v) is 2.62. The Balaban J connectivity index is 1.97. The molecule has 0 saturated carbocycles. The molecule has 5 nitrogen and oxygen atoms in total. The molecule has 0 bridgehead atoms. The summed E-state index contributed by atoms with van der Waals surface area (Å²) in [6.07, 6.45) is 9.05. The van der Waals surface area contributed by atoms with Gasteiger partial charge in [-0.05, 0) is 30.3 Å². The number of anilines is 1. The number of hydrogen-bond acceptors (Lipinski definition) is 4. The Kier molecular flexibility index (Phi) is 4.65. The zero-order valence-electron chi connectivity index (χ0n) is 12.8. The van der Waals surface area contributed by atoms with Crippen LogP contribution in [0.1, 0.15) is 10.4 Å². The van der Waals surface area contributed by atoms with Crippen LogP contribution in [0.4, 0.5) is 5.69 Å². The summed E-state index contributed by atoms with van der Waals surface area (Å²) < 4.78 is 12.5. The first kappa shape index (κ1) is 15.2. The normalized spacial score (nSPS) is 14.3. The summed E-state index contributed by atoms with van der Waals surface area (Å²) in [6, 6.07) is 9.65. The number of benzene rings is 1. The maximum Gasteiger partial charge on any atom is 0.341 e. The molecule has 0 atom stereocenters. The minimum absolute atomic E-state index is 0.0326. The van der Waals surface area contributed by atoms with Crippen molar-refractivity contribution in [2.24, 2.45) is 0 Å². The molecule has 118 valence electrons. The summed E-state index contributed by atoms with van der Waals surface area (Å²) in [5.74, 6) is 1.92. The topological polar surface area (TPSA) is 43.7 Å². The van der Waals surface area contributed by atoms with Gasteiger partial charge in [0.15, 0.2) is 6.61 Å². The zero-order valence-corrected chi connectivity index (χ0v) is 12.8. The number of ether oxygens (including phenoxy) is 2. The van der Waals surface area contributed by atoms with E-state index in [9.17, 15) is 4.79 Å². The van der Waals surface area contributed by atoms with E-state index in [-0.39, 0.29) is 6.61 Å². The van der Waals surface area contributed by atoms with Crippen LogP contribution in [0.15, 0.2) is 42.7 Å². The second-order valence-corrected chi connectivity index (χ2v) is 5.17. The summed E-state index contributed by atoms with van der Waals surface area (Å²) in [4.78, 5) is 14.5. The first-order chi connectivity index (χ1) is 11.3. The Morgan fingerprint density at radius 3 is 2.70 bits per heavy atom. The van der Waals surface area contributed by atoms with Crippen LogP contribution in [0, 0.1) is 12.3 Å². The Bertz CT molecular complexity index is 710. The van der Waals surface area contributed by atoms with Gasteiger partial charge in [-0.15, -0.1) is 6.42 Å². The lowest BCUT2D eigenvalue weighted by molar-refractivity contribution is 0.0556. The van der Waals surface area contributed by atoms with Crippen LogP contribution in [0.5, 0.6) is 0 Å². The van der Waals surface area contributed by atoms with Crippen LogP contribution in [-0.2, 0) is 9.47 Å². The largest absolute Gasteiger partial charge is 0.449 e. The van der Waals surface area contributed by atoms with Gasteiger partial charge in [-0.1, -0.05) is 5.92 Å². The number of terminal acetylenes is 1. The van der Waals surface area contributed by atoms with Gasteiger partial charge in [-0.3, -0.25) is 0 Å². The summed E-state index contributed by atoms with van der Waals surface area (Å²) >= 11 is 0. The van der Waals surface area contributed by atoms with E-state index < -0.39 is 5.97 Å². The minimum atomic E-state index is -0.404. The van der Waals surface area contributed by atoms with E-state index in [2.05, 4.69) is 10.8 Å². The summed E-state index contributed by atoms with van der Waals surface area (Å²) in [6.45, 7) is 2.77. The van der Waals surface area contributed by atoms with E-state index in [4.69, 9.17) is 15.9 Å². The molecule has 5 heteroatoms. The van der Waals surface area contributed by atoms with Gasteiger partial charge in [0, 0.05) is 31.2 Å². The number of aromatic nitrogens is 1. The van der Waals surface area contributed by atoms with Crippen molar-refractivity contribution in [3.63, 3.8) is 0 Å². The quantitative estimate of drug-likeness (QED) is 0.641. The van der Waals surface area contributed by atoms with Crippen molar-refractivity contribution in [2.45, 2.75) is 0 Å². The Labute approximate surface area is 135 Å². The molecule has 1 aromatic heterocycles. The van der Waals surface area contributed by atoms with Crippen molar-refractivity contribution in [3.05, 3.63) is 48.3 Å². The highest BCUT2D eigenvalue weighted by molar-refractivity contribution is 5.96. The molecule has 0 unspecified atom stereocenters. The van der Waals surface area contributed by atoms with Gasteiger partial charge in [-0.2, -0.15) is 0 Å². The van der Waals surface area contributed by atoms with E-state index in [1.807, 2.05) is 47.3 Å². The molecule has 0 N–H and O–H groups in total. The summed E-state index contributed by atoms with van der Waals surface area (Å²) in [5, 5.41) is 0. The lowest BCUT2D eigenvalue weighted by Gasteiger charge is -2.30. The maximum absolute atomic E-state index is 12.4. The number of esters is 1. The van der Waals surface area contributed by atoms with E-state index in [1.165, 1.54) is 0 Å². The Morgan fingerprint density at radius 1 is 1.26 bits per heavy atom. The highest BCUT2D eigenvalue weighted by Gasteiger charge is 2.20. The van der Waals surface area contributed by atoms with Gasteiger partial charge in [-0.25, -0.2) is 4.79 Å². The molecule has 23 heavy (non-hydrogen) atoms. The molecule has 1 aromatic carbocycles. The number of nitrogens with zero attached hydrogens (tertiary/aromatic N) is 2. The zero-order chi connectivity index (χ0) is 16.1. The van der Waals surface area contributed by atoms with Crippen LogP contribution in [0.2, 0.25) is 0 Å².